The molecule has 2 N–H and O–H groups in total. The molecule has 0 saturated heterocycles. The Balaban J connectivity index is 1.67. The molecule has 1 aliphatic rings. The summed E-state index contributed by atoms with van der Waals surface area (Å²) in [6, 6.07) is 7.94. The molecule has 2 aromatic rings. The van der Waals surface area contributed by atoms with Crippen molar-refractivity contribution in [2.75, 3.05) is 50.4 Å². The molecule has 0 bridgehead atoms. The van der Waals surface area contributed by atoms with Crippen LogP contribution in [0.25, 0.3) is 0 Å². The summed E-state index contributed by atoms with van der Waals surface area (Å²) >= 11 is 0. The number of ether oxygens (including phenoxy) is 2. The highest BCUT2D eigenvalue weighted by atomic mass is 32.2. The summed E-state index contributed by atoms with van der Waals surface area (Å²) in [7, 11) is 0.241. The third-order valence-corrected chi connectivity index (χ3v) is 5.08. The van der Waals surface area contributed by atoms with Gasteiger partial charge in [-0.15, -0.1) is 0 Å². The molecule has 3 rings (SSSR count). The van der Waals surface area contributed by atoms with Crippen LogP contribution in [0.2, 0.25) is 0 Å². The number of hydrogen-bond donors (Lipinski definition) is 2. The number of likely N-dealkylation sites (N-methyl/N-ethyl adjacent to an activating group) is 1. The van der Waals surface area contributed by atoms with Gasteiger partial charge in [-0.25, -0.2) is 13.4 Å². The van der Waals surface area contributed by atoms with E-state index in [4.69, 9.17) is 9.47 Å². The summed E-state index contributed by atoms with van der Waals surface area (Å²) in [5.41, 5.74) is 0.387. The van der Waals surface area contributed by atoms with Gasteiger partial charge in [-0.1, -0.05) is 0 Å². The first-order valence-corrected chi connectivity index (χ1v) is 9.69. The molecule has 0 unspecified atom stereocenters. The highest BCUT2D eigenvalue weighted by molar-refractivity contribution is 7.92. The number of hydrogen-bond acceptors (Lipinski definition) is 7. The van der Waals surface area contributed by atoms with E-state index in [0.29, 0.717) is 36.2 Å². The van der Waals surface area contributed by atoms with Gasteiger partial charge in [-0.2, -0.15) is 0 Å². The van der Waals surface area contributed by atoms with Gasteiger partial charge in [0.05, 0.1) is 16.8 Å². The zero-order valence-electron chi connectivity index (χ0n) is 14.7. The fourth-order valence-corrected chi connectivity index (χ4v) is 3.43. The molecule has 2 heterocycles. The summed E-state index contributed by atoms with van der Waals surface area (Å²) in [6.07, 6.45) is 1.48. The van der Waals surface area contributed by atoms with Gasteiger partial charge in [0.25, 0.3) is 10.0 Å². The van der Waals surface area contributed by atoms with E-state index >= 15 is 0 Å². The van der Waals surface area contributed by atoms with Gasteiger partial charge in [0.1, 0.15) is 19.0 Å². The van der Waals surface area contributed by atoms with Gasteiger partial charge < -0.3 is 19.7 Å². The molecular weight excluding hydrogens is 356 g/mol. The van der Waals surface area contributed by atoms with Crippen LogP contribution >= 0.6 is 0 Å². The summed E-state index contributed by atoms with van der Waals surface area (Å²) in [6.45, 7) is 2.48. The van der Waals surface area contributed by atoms with E-state index in [1.807, 2.05) is 14.1 Å². The van der Waals surface area contributed by atoms with Crippen LogP contribution in [-0.2, 0) is 10.0 Å². The van der Waals surface area contributed by atoms with Crippen LogP contribution in [0.15, 0.2) is 41.4 Å². The molecule has 140 valence electrons. The topological polar surface area (TPSA) is 92.8 Å². The number of nitrogens with one attached hydrogen (secondary N) is 2. The number of nitrogens with zero attached hydrogens (tertiary/aromatic N) is 2. The Morgan fingerprint density at radius 3 is 2.58 bits per heavy atom. The first-order chi connectivity index (χ1) is 12.4. The van der Waals surface area contributed by atoms with Gasteiger partial charge in [-0.3, -0.25) is 4.72 Å². The number of aromatic nitrogens is 1. The minimum Gasteiger partial charge on any atom is -0.486 e. The van der Waals surface area contributed by atoms with Crippen LogP contribution in [0.5, 0.6) is 11.5 Å². The Morgan fingerprint density at radius 1 is 1.12 bits per heavy atom. The molecule has 9 heteroatoms. The van der Waals surface area contributed by atoms with Crippen LogP contribution < -0.4 is 19.5 Å². The molecule has 0 saturated carbocycles. The predicted molar refractivity (Wildman–Crippen MR) is 99.5 cm³/mol. The van der Waals surface area contributed by atoms with E-state index in [-0.39, 0.29) is 4.90 Å². The molecule has 1 aliphatic heterocycles. The lowest BCUT2D eigenvalue weighted by molar-refractivity contribution is 0.171. The predicted octanol–water partition coefficient (Wildman–Crippen LogP) is 1.63. The zero-order valence-corrected chi connectivity index (χ0v) is 15.5. The molecule has 0 atom stereocenters. The maximum absolute atomic E-state index is 12.6. The third-order valence-electron chi connectivity index (χ3n) is 3.70. The van der Waals surface area contributed by atoms with Crippen molar-refractivity contribution in [3.8, 4) is 11.5 Å². The Morgan fingerprint density at radius 2 is 1.88 bits per heavy atom. The van der Waals surface area contributed by atoms with E-state index in [1.54, 1.807) is 18.2 Å². The van der Waals surface area contributed by atoms with Crippen LogP contribution in [0.3, 0.4) is 0 Å². The smallest absolute Gasteiger partial charge is 0.262 e. The summed E-state index contributed by atoms with van der Waals surface area (Å²) < 4.78 is 38.5. The Bertz CT molecular complexity index is 854. The normalized spacial score (nSPS) is 13.5. The van der Waals surface area contributed by atoms with E-state index in [1.165, 1.54) is 18.3 Å². The largest absolute Gasteiger partial charge is 0.486 e. The molecule has 1 aromatic heterocycles. The average molecular weight is 378 g/mol. The van der Waals surface area contributed by atoms with Crippen molar-refractivity contribution in [2.45, 2.75) is 4.90 Å². The molecule has 1 aromatic carbocycles. The van der Waals surface area contributed by atoms with E-state index in [0.717, 1.165) is 13.1 Å². The molecule has 0 radical (unpaired) electrons. The zero-order chi connectivity index (χ0) is 18.6. The standard InChI is InChI=1S/C17H22N4O4S/c1-21(2)8-7-18-17-6-3-13(12-19-17)20-26(22,23)14-4-5-15-16(11-14)25-10-9-24-15/h3-6,11-12,20H,7-10H2,1-2H3,(H,18,19). The second-order valence-corrected chi connectivity index (χ2v) is 7.76. The van der Waals surface area contributed by atoms with Crippen molar-refractivity contribution in [3.63, 3.8) is 0 Å². The molecule has 0 amide bonds. The van der Waals surface area contributed by atoms with Crippen LogP contribution in [0, 0.1) is 0 Å². The second kappa shape index (κ2) is 7.79. The number of anilines is 2. The quantitative estimate of drug-likeness (QED) is 0.756. The third kappa shape index (κ3) is 4.55. The number of sulfonamides is 1. The number of pyridine rings is 1. The van der Waals surface area contributed by atoms with E-state index in [9.17, 15) is 8.42 Å². The Labute approximate surface area is 153 Å². The highest BCUT2D eigenvalue weighted by Crippen LogP contribution is 2.32. The number of rotatable bonds is 7. The Kier molecular flexibility index (Phi) is 5.48. The van der Waals surface area contributed by atoms with Crippen molar-refractivity contribution in [1.29, 1.82) is 0 Å². The first kappa shape index (κ1) is 18.3. The molecule has 26 heavy (non-hydrogen) atoms. The van der Waals surface area contributed by atoms with Crippen LogP contribution in [0.1, 0.15) is 0 Å². The maximum Gasteiger partial charge on any atom is 0.262 e. The van der Waals surface area contributed by atoms with Crippen molar-refractivity contribution in [1.82, 2.24) is 9.88 Å². The summed E-state index contributed by atoms with van der Waals surface area (Å²) in [4.78, 5) is 6.39. The Hall–Kier alpha value is -2.52. The van der Waals surface area contributed by atoms with Crippen molar-refractivity contribution in [2.24, 2.45) is 0 Å². The van der Waals surface area contributed by atoms with Gasteiger partial charge in [0.15, 0.2) is 11.5 Å². The summed E-state index contributed by atoms with van der Waals surface area (Å²) in [5.74, 6) is 1.66. The van der Waals surface area contributed by atoms with Crippen LogP contribution in [0.4, 0.5) is 11.5 Å². The minimum absolute atomic E-state index is 0.106. The number of benzene rings is 1. The SMILES string of the molecule is CN(C)CCNc1ccc(NS(=O)(=O)c2ccc3c(c2)OCCO3)cn1. The average Bonchev–Trinajstić information content (AvgIpc) is 2.62. The van der Waals surface area contributed by atoms with Crippen molar-refractivity contribution in [3.05, 3.63) is 36.5 Å². The lowest BCUT2D eigenvalue weighted by atomic mass is 10.3. The van der Waals surface area contributed by atoms with Gasteiger partial charge in [0, 0.05) is 19.2 Å². The van der Waals surface area contributed by atoms with E-state index < -0.39 is 10.0 Å². The fraction of sp³-hybridized carbons (Fsp3) is 0.353. The molecule has 0 spiro atoms. The fourth-order valence-electron chi connectivity index (χ4n) is 2.37. The van der Waals surface area contributed by atoms with Gasteiger partial charge in [-0.05, 0) is 38.4 Å². The maximum atomic E-state index is 12.6. The molecular formula is C17H22N4O4S. The van der Waals surface area contributed by atoms with Gasteiger partial charge in [0.2, 0.25) is 0 Å². The first-order valence-electron chi connectivity index (χ1n) is 8.21. The van der Waals surface area contributed by atoms with Crippen molar-refractivity contribution < 1.29 is 17.9 Å². The molecule has 8 nitrogen and oxygen atoms in total. The monoisotopic (exact) mass is 378 g/mol. The molecule has 0 fully saturated rings. The lowest BCUT2D eigenvalue weighted by Gasteiger charge is -2.19. The van der Waals surface area contributed by atoms with Gasteiger partial charge >= 0.3 is 0 Å². The number of fused-ring (bicyclic) bond motifs is 1. The molecule has 0 aliphatic carbocycles. The minimum atomic E-state index is -3.74. The second-order valence-electron chi connectivity index (χ2n) is 6.07. The van der Waals surface area contributed by atoms with E-state index in [2.05, 4.69) is 19.9 Å². The van der Waals surface area contributed by atoms with Crippen LogP contribution in [-0.4, -0.2) is 58.7 Å². The summed E-state index contributed by atoms with van der Waals surface area (Å²) in [5, 5.41) is 3.17. The highest BCUT2D eigenvalue weighted by Gasteiger charge is 2.19. The lowest BCUT2D eigenvalue weighted by Crippen LogP contribution is -2.21. The van der Waals surface area contributed by atoms with Crippen molar-refractivity contribution >= 4 is 21.5 Å².